The Balaban J connectivity index is 1.64. The smallest absolute Gasteiger partial charge is 0.240 e. The molecule has 4 nitrogen and oxygen atoms in total. The van der Waals surface area contributed by atoms with Gasteiger partial charge in [0.15, 0.2) is 0 Å². The molecule has 3 aromatic carbocycles. The maximum atomic E-state index is 12.3. The van der Waals surface area contributed by atoms with Gasteiger partial charge < -0.3 is 13.7 Å². The van der Waals surface area contributed by atoms with Crippen molar-refractivity contribution in [2.24, 2.45) is 0 Å². The fourth-order valence-corrected chi connectivity index (χ4v) is 2.87. The van der Waals surface area contributed by atoms with Crippen LogP contribution >= 0.6 is 0 Å². The van der Waals surface area contributed by atoms with Crippen molar-refractivity contribution in [3.8, 4) is 23.0 Å². The lowest BCUT2D eigenvalue weighted by molar-refractivity contribution is 0.413. The van der Waals surface area contributed by atoms with E-state index in [-0.39, 0.29) is 0 Å². The van der Waals surface area contributed by atoms with Crippen LogP contribution in [-0.2, 0) is 11.1 Å². The number of aryl methyl sites for hydroxylation is 1. The van der Waals surface area contributed by atoms with Gasteiger partial charge in [0, 0.05) is 0 Å². The Morgan fingerprint density at radius 2 is 1.16 bits per heavy atom. The molecule has 1 unspecified atom stereocenters. The van der Waals surface area contributed by atoms with E-state index in [1.165, 1.54) is 0 Å². The summed E-state index contributed by atoms with van der Waals surface area (Å²) in [7, 11) is 1.62. The van der Waals surface area contributed by atoms with Crippen molar-refractivity contribution in [2.75, 3.05) is 7.11 Å². The average Bonchev–Trinajstić information content (AvgIpc) is 2.65. The zero-order chi connectivity index (χ0) is 17.6. The second-order valence-corrected chi connectivity index (χ2v) is 6.49. The van der Waals surface area contributed by atoms with Crippen molar-refractivity contribution in [1.29, 1.82) is 0 Å². The highest BCUT2D eigenvalue weighted by atomic mass is 32.2. The highest BCUT2D eigenvalue weighted by Gasteiger charge is 2.07. The minimum absolute atomic E-state index is 0.572. The van der Waals surface area contributed by atoms with Gasteiger partial charge in [0.2, 0.25) is 11.1 Å². The summed E-state index contributed by atoms with van der Waals surface area (Å²) >= 11 is -1.57. The van der Waals surface area contributed by atoms with Crippen molar-refractivity contribution in [3.05, 3.63) is 78.4 Å². The Hall–Kier alpha value is -2.79. The largest absolute Gasteiger partial charge is 0.497 e. The maximum absolute atomic E-state index is 12.3. The summed E-state index contributed by atoms with van der Waals surface area (Å²) in [5.74, 6) is 2.70. The van der Waals surface area contributed by atoms with Crippen molar-refractivity contribution >= 4 is 11.1 Å². The minimum Gasteiger partial charge on any atom is -0.497 e. The molecular weight excluding hydrogens is 336 g/mol. The Labute approximate surface area is 149 Å². The molecule has 0 aromatic heterocycles. The Bertz CT molecular complexity index is 840. The summed E-state index contributed by atoms with van der Waals surface area (Å²) in [6, 6.07) is 21.7. The minimum atomic E-state index is -1.57. The molecule has 3 rings (SSSR count). The number of ether oxygens (including phenoxy) is 2. The number of hydrogen-bond acceptors (Lipinski definition) is 4. The van der Waals surface area contributed by atoms with Crippen LogP contribution in [0.3, 0.4) is 0 Å². The Kier molecular flexibility index (Phi) is 5.36. The SMILES string of the molecule is COc1ccc(Oc2ccc(S(=O)Oc3ccc(C)cc3)cc2)cc1. The van der Waals surface area contributed by atoms with E-state index in [2.05, 4.69) is 0 Å². The fourth-order valence-electron chi connectivity index (χ4n) is 2.13. The summed E-state index contributed by atoms with van der Waals surface area (Å²) in [6.45, 7) is 1.99. The van der Waals surface area contributed by atoms with Gasteiger partial charge in [-0.2, -0.15) is 0 Å². The molecule has 0 saturated carbocycles. The van der Waals surface area contributed by atoms with Crippen LogP contribution in [0.4, 0.5) is 0 Å². The standard InChI is InChI=1S/C20H18O4S/c1-15-3-5-19(6-4-15)24-25(21)20-13-11-18(12-14-20)23-17-9-7-16(22-2)8-10-17/h3-14H,1-2H3. The van der Waals surface area contributed by atoms with Crippen molar-refractivity contribution in [3.63, 3.8) is 0 Å². The molecule has 128 valence electrons. The summed E-state index contributed by atoms with van der Waals surface area (Å²) in [4.78, 5) is 0.572. The zero-order valence-electron chi connectivity index (χ0n) is 14.0. The normalized spacial score (nSPS) is 11.6. The molecule has 0 radical (unpaired) electrons. The third-order valence-corrected chi connectivity index (χ3v) is 4.51. The first kappa shape index (κ1) is 17.0. The predicted octanol–water partition coefficient (Wildman–Crippen LogP) is 4.90. The van der Waals surface area contributed by atoms with E-state index in [9.17, 15) is 4.21 Å². The molecule has 0 amide bonds. The van der Waals surface area contributed by atoms with Crippen LogP contribution in [0.25, 0.3) is 0 Å². The lowest BCUT2D eigenvalue weighted by Gasteiger charge is -2.08. The average molecular weight is 354 g/mol. The van der Waals surface area contributed by atoms with E-state index in [4.69, 9.17) is 13.7 Å². The predicted molar refractivity (Wildman–Crippen MR) is 97.7 cm³/mol. The van der Waals surface area contributed by atoms with E-state index < -0.39 is 11.1 Å². The third-order valence-electron chi connectivity index (χ3n) is 3.50. The van der Waals surface area contributed by atoms with E-state index in [0.717, 1.165) is 11.3 Å². The molecule has 0 aliphatic carbocycles. The highest BCUT2D eigenvalue weighted by molar-refractivity contribution is 7.80. The van der Waals surface area contributed by atoms with Gasteiger partial charge >= 0.3 is 0 Å². The molecule has 0 spiro atoms. The van der Waals surface area contributed by atoms with Gasteiger partial charge in [-0.15, -0.1) is 0 Å². The second kappa shape index (κ2) is 7.85. The van der Waals surface area contributed by atoms with Crippen LogP contribution in [0.1, 0.15) is 5.56 Å². The number of hydrogen-bond donors (Lipinski definition) is 0. The maximum Gasteiger partial charge on any atom is 0.240 e. The molecule has 0 fully saturated rings. The molecular formula is C20H18O4S. The Morgan fingerprint density at radius 1 is 0.680 bits per heavy atom. The molecule has 25 heavy (non-hydrogen) atoms. The van der Waals surface area contributed by atoms with E-state index in [1.807, 2.05) is 43.3 Å². The summed E-state index contributed by atoms with van der Waals surface area (Å²) < 4.78 is 28.6. The van der Waals surface area contributed by atoms with Gasteiger partial charge in [0.05, 0.1) is 12.0 Å². The second-order valence-electron chi connectivity index (χ2n) is 5.38. The van der Waals surface area contributed by atoms with Crippen molar-refractivity contribution < 1.29 is 17.9 Å². The molecule has 0 heterocycles. The van der Waals surface area contributed by atoms with Gasteiger partial charge in [-0.25, -0.2) is 4.21 Å². The topological polar surface area (TPSA) is 44.8 Å². The van der Waals surface area contributed by atoms with E-state index in [0.29, 0.717) is 22.1 Å². The first-order valence-corrected chi connectivity index (χ1v) is 8.80. The molecule has 0 saturated heterocycles. The van der Waals surface area contributed by atoms with Crippen molar-refractivity contribution in [2.45, 2.75) is 11.8 Å². The van der Waals surface area contributed by atoms with Gasteiger partial charge in [0.25, 0.3) is 0 Å². The zero-order valence-corrected chi connectivity index (χ0v) is 14.8. The van der Waals surface area contributed by atoms with Gasteiger partial charge in [-0.05, 0) is 67.6 Å². The van der Waals surface area contributed by atoms with Crippen LogP contribution in [0.5, 0.6) is 23.0 Å². The number of rotatable bonds is 6. The van der Waals surface area contributed by atoms with Crippen LogP contribution in [0.2, 0.25) is 0 Å². The van der Waals surface area contributed by atoms with Gasteiger partial charge in [-0.1, -0.05) is 17.7 Å². The fraction of sp³-hybridized carbons (Fsp3) is 0.100. The molecule has 1 atom stereocenters. The summed E-state index contributed by atoms with van der Waals surface area (Å²) in [5.41, 5.74) is 1.12. The molecule has 0 bridgehead atoms. The molecule has 0 N–H and O–H groups in total. The number of benzene rings is 3. The molecule has 3 aromatic rings. The van der Waals surface area contributed by atoms with Gasteiger partial charge in [0.1, 0.15) is 23.0 Å². The van der Waals surface area contributed by atoms with Crippen LogP contribution < -0.4 is 13.7 Å². The van der Waals surface area contributed by atoms with Crippen LogP contribution in [0.15, 0.2) is 77.7 Å². The van der Waals surface area contributed by atoms with Crippen molar-refractivity contribution in [1.82, 2.24) is 0 Å². The quantitative estimate of drug-likeness (QED) is 0.632. The van der Waals surface area contributed by atoms with Crippen LogP contribution in [-0.4, -0.2) is 11.3 Å². The number of methoxy groups -OCH3 is 1. The Morgan fingerprint density at radius 3 is 1.72 bits per heavy atom. The van der Waals surface area contributed by atoms with Gasteiger partial charge in [-0.3, -0.25) is 0 Å². The first-order valence-electron chi connectivity index (χ1n) is 7.73. The summed E-state index contributed by atoms with van der Waals surface area (Å²) in [6.07, 6.45) is 0. The molecule has 0 aliphatic heterocycles. The summed E-state index contributed by atoms with van der Waals surface area (Å²) in [5, 5.41) is 0. The molecule has 5 heteroatoms. The third kappa shape index (κ3) is 4.61. The lowest BCUT2D eigenvalue weighted by atomic mass is 10.2. The van der Waals surface area contributed by atoms with E-state index in [1.54, 1.807) is 43.5 Å². The monoisotopic (exact) mass is 354 g/mol. The molecule has 0 aliphatic rings. The van der Waals surface area contributed by atoms with E-state index >= 15 is 0 Å². The highest BCUT2D eigenvalue weighted by Crippen LogP contribution is 2.25. The van der Waals surface area contributed by atoms with Crippen LogP contribution in [0, 0.1) is 6.92 Å². The lowest BCUT2D eigenvalue weighted by Crippen LogP contribution is -2.00. The first-order chi connectivity index (χ1) is 12.1.